The summed E-state index contributed by atoms with van der Waals surface area (Å²) in [7, 11) is 0. The maximum Gasteiger partial charge on any atom is 0.0297 e. The molecule has 1 aliphatic rings. The van der Waals surface area contributed by atoms with Crippen LogP contribution < -0.4 is 0 Å². The molecule has 11 heavy (non-hydrogen) atoms. The molecule has 0 atom stereocenters. The SMILES string of the molecule is C#CCC(C)=CC1=CCCC1. The van der Waals surface area contributed by atoms with E-state index in [1.165, 1.54) is 30.4 Å². The van der Waals surface area contributed by atoms with Crippen LogP contribution in [-0.4, -0.2) is 0 Å². The molecule has 1 aliphatic carbocycles. The van der Waals surface area contributed by atoms with E-state index < -0.39 is 0 Å². The Morgan fingerprint density at radius 3 is 3.18 bits per heavy atom. The minimum Gasteiger partial charge on any atom is -0.120 e. The normalized spacial score (nSPS) is 17.8. The second-order valence-electron chi connectivity index (χ2n) is 3.04. The third-order valence-electron chi connectivity index (χ3n) is 1.89. The Morgan fingerprint density at radius 1 is 1.82 bits per heavy atom. The topological polar surface area (TPSA) is 0 Å². The summed E-state index contributed by atoms with van der Waals surface area (Å²) < 4.78 is 0. The first-order valence-electron chi connectivity index (χ1n) is 4.12. The molecule has 0 heteroatoms. The second-order valence-corrected chi connectivity index (χ2v) is 3.04. The minimum absolute atomic E-state index is 0.789. The maximum atomic E-state index is 5.19. The molecule has 1 rings (SSSR count). The number of rotatable bonds is 2. The molecule has 0 saturated carbocycles. The lowest BCUT2D eigenvalue weighted by molar-refractivity contribution is 0.915. The van der Waals surface area contributed by atoms with Gasteiger partial charge in [-0.05, 0) is 26.2 Å². The van der Waals surface area contributed by atoms with Crippen LogP contribution in [0.5, 0.6) is 0 Å². The van der Waals surface area contributed by atoms with Crippen LogP contribution >= 0.6 is 0 Å². The van der Waals surface area contributed by atoms with E-state index in [9.17, 15) is 0 Å². The van der Waals surface area contributed by atoms with Gasteiger partial charge >= 0.3 is 0 Å². The van der Waals surface area contributed by atoms with Crippen molar-refractivity contribution >= 4 is 0 Å². The Balaban J connectivity index is 2.50. The second kappa shape index (κ2) is 4.03. The van der Waals surface area contributed by atoms with Crippen LogP contribution in [0.2, 0.25) is 0 Å². The van der Waals surface area contributed by atoms with Gasteiger partial charge in [0.25, 0.3) is 0 Å². The Kier molecular flexibility index (Phi) is 2.98. The van der Waals surface area contributed by atoms with Gasteiger partial charge in [-0.3, -0.25) is 0 Å². The average molecular weight is 146 g/mol. The van der Waals surface area contributed by atoms with Gasteiger partial charge in [0.15, 0.2) is 0 Å². The van der Waals surface area contributed by atoms with E-state index in [1.807, 2.05) is 0 Å². The summed E-state index contributed by atoms with van der Waals surface area (Å²) >= 11 is 0. The molecule has 0 aromatic carbocycles. The number of hydrogen-bond acceptors (Lipinski definition) is 0. The molecule has 0 aliphatic heterocycles. The molecule has 0 unspecified atom stereocenters. The first-order chi connectivity index (χ1) is 5.33. The smallest absolute Gasteiger partial charge is 0.0297 e. The molecule has 0 N–H and O–H groups in total. The molecule has 0 aromatic rings. The monoisotopic (exact) mass is 146 g/mol. The highest BCUT2D eigenvalue weighted by molar-refractivity contribution is 5.26. The van der Waals surface area contributed by atoms with Gasteiger partial charge in [-0.25, -0.2) is 0 Å². The van der Waals surface area contributed by atoms with Crippen LogP contribution in [0.3, 0.4) is 0 Å². The predicted octanol–water partition coefficient (Wildman–Crippen LogP) is 3.07. The van der Waals surface area contributed by atoms with Gasteiger partial charge in [0.2, 0.25) is 0 Å². The molecule has 0 aromatic heterocycles. The van der Waals surface area contributed by atoms with Crippen molar-refractivity contribution in [2.24, 2.45) is 0 Å². The van der Waals surface area contributed by atoms with E-state index in [4.69, 9.17) is 6.42 Å². The van der Waals surface area contributed by atoms with E-state index in [0.717, 1.165) is 6.42 Å². The standard InChI is InChI=1S/C11H14/c1-3-6-10(2)9-11-7-4-5-8-11/h1,7,9H,4-6,8H2,2H3. The van der Waals surface area contributed by atoms with Crippen LogP contribution in [0.15, 0.2) is 23.3 Å². The molecule has 58 valence electrons. The number of terminal acetylenes is 1. The number of allylic oxidation sites excluding steroid dienone is 4. The largest absolute Gasteiger partial charge is 0.120 e. The zero-order valence-corrected chi connectivity index (χ0v) is 7.06. The van der Waals surface area contributed by atoms with Crippen molar-refractivity contribution in [1.29, 1.82) is 0 Å². The van der Waals surface area contributed by atoms with Crippen molar-refractivity contribution in [3.63, 3.8) is 0 Å². The highest BCUT2D eigenvalue weighted by Crippen LogP contribution is 2.20. The van der Waals surface area contributed by atoms with E-state index in [1.54, 1.807) is 0 Å². The molecular weight excluding hydrogens is 132 g/mol. The molecule has 0 saturated heterocycles. The van der Waals surface area contributed by atoms with Gasteiger partial charge in [0, 0.05) is 6.42 Å². The average Bonchev–Trinajstić information content (AvgIpc) is 2.40. The van der Waals surface area contributed by atoms with Crippen LogP contribution in [0.1, 0.15) is 32.6 Å². The summed E-state index contributed by atoms with van der Waals surface area (Å²) in [6.07, 6.45) is 14.3. The van der Waals surface area contributed by atoms with Gasteiger partial charge in [-0.1, -0.05) is 23.3 Å². The van der Waals surface area contributed by atoms with Gasteiger partial charge < -0.3 is 0 Å². The van der Waals surface area contributed by atoms with E-state index in [0.29, 0.717) is 0 Å². The molecular formula is C11H14. The summed E-state index contributed by atoms with van der Waals surface area (Å²) in [4.78, 5) is 0. The fraction of sp³-hybridized carbons (Fsp3) is 0.455. The van der Waals surface area contributed by atoms with Crippen LogP contribution in [0, 0.1) is 12.3 Å². The quantitative estimate of drug-likeness (QED) is 0.525. The van der Waals surface area contributed by atoms with Crippen molar-refractivity contribution in [2.45, 2.75) is 32.6 Å². The Bertz CT molecular complexity index is 223. The first-order valence-corrected chi connectivity index (χ1v) is 4.12. The lowest BCUT2D eigenvalue weighted by Crippen LogP contribution is -1.76. The zero-order valence-electron chi connectivity index (χ0n) is 7.06. The molecule has 0 fully saturated rings. The van der Waals surface area contributed by atoms with Crippen molar-refractivity contribution in [3.8, 4) is 12.3 Å². The Hall–Kier alpha value is -0.960. The van der Waals surface area contributed by atoms with Gasteiger partial charge in [-0.15, -0.1) is 12.3 Å². The van der Waals surface area contributed by atoms with E-state index in [-0.39, 0.29) is 0 Å². The van der Waals surface area contributed by atoms with Crippen LogP contribution in [-0.2, 0) is 0 Å². The third kappa shape index (κ3) is 2.63. The highest BCUT2D eigenvalue weighted by Gasteiger charge is 2.00. The number of hydrogen-bond donors (Lipinski definition) is 0. The lowest BCUT2D eigenvalue weighted by atomic mass is 10.1. The van der Waals surface area contributed by atoms with E-state index in [2.05, 4.69) is 25.0 Å². The van der Waals surface area contributed by atoms with Crippen molar-refractivity contribution in [2.75, 3.05) is 0 Å². The minimum atomic E-state index is 0.789. The van der Waals surface area contributed by atoms with Gasteiger partial charge in [-0.2, -0.15) is 0 Å². The molecule has 0 bridgehead atoms. The highest BCUT2D eigenvalue weighted by atomic mass is 14.1. The molecule has 0 heterocycles. The lowest BCUT2D eigenvalue weighted by Gasteiger charge is -1.95. The Morgan fingerprint density at radius 2 is 2.64 bits per heavy atom. The van der Waals surface area contributed by atoms with Crippen LogP contribution in [0.25, 0.3) is 0 Å². The van der Waals surface area contributed by atoms with Gasteiger partial charge in [0.1, 0.15) is 0 Å². The molecule has 0 amide bonds. The van der Waals surface area contributed by atoms with Crippen molar-refractivity contribution in [3.05, 3.63) is 23.3 Å². The zero-order chi connectivity index (χ0) is 8.10. The summed E-state index contributed by atoms with van der Waals surface area (Å²) in [6, 6.07) is 0. The van der Waals surface area contributed by atoms with Gasteiger partial charge in [0.05, 0.1) is 0 Å². The summed E-state index contributed by atoms with van der Waals surface area (Å²) in [5.41, 5.74) is 2.78. The fourth-order valence-corrected chi connectivity index (χ4v) is 1.36. The Labute approximate surface area is 69.0 Å². The summed E-state index contributed by atoms with van der Waals surface area (Å²) in [5.74, 6) is 2.65. The first kappa shape index (κ1) is 8.14. The summed E-state index contributed by atoms with van der Waals surface area (Å²) in [5, 5.41) is 0. The summed E-state index contributed by atoms with van der Waals surface area (Å²) in [6.45, 7) is 2.10. The van der Waals surface area contributed by atoms with E-state index >= 15 is 0 Å². The maximum absolute atomic E-state index is 5.19. The van der Waals surface area contributed by atoms with Crippen LogP contribution in [0.4, 0.5) is 0 Å². The third-order valence-corrected chi connectivity index (χ3v) is 1.89. The predicted molar refractivity (Wildman–Crippen MR) is 49.1 cm³/mol. The molecule has 0 spiro atoms. The molecule has 0 nitrogen and oxygen atoms in total. The van der Waals surface area contributed by atoms with Crippen molar-refractivity contribution in [1.82, 2.24) is 0 Å². The molecule has 0 radical (unpaired) electrons. The fourth-order valence-electron chi connectivity index (χ4n) is 1.36. The van der Waals surface area contributed by atoms with Crippen molar-refractivity contribution < 1.29 is 0 Å².